The van der Waals surface area contributed by atoms with Gasteiger partial charge in [-0.15, -0.1) is 0 Å². The van der Waals surface area contributed by atoms with Gasteiger partial charge in [0, 0.05) is 6.04 Å². The summed E-state index contributed by atoms with van der Waals surface area (Å²) in [6.07, 6.45) is 2.93. The minimum absolute atomic E-state index is 0.00717. The van der Waals surface area contributed by atoms with E-state index in [1.54, 1.807) is 4.90 Å². The molecule has 0 radical (unpaired) electrons. The number of benzene rings is 1. The molecule has 3 nitrogen and oxygen atoms in total. The van der Waals surface area contributed by atoms with Crippen LogP contribution < -0.4 is 4.74 Å². The van der Waals surface area contributed by atoms with Crippen LogP contribution >= 0.6 is 24.0 Å². The number of hydrogen-bond acceptors (Lipinski definition) is 4. The maximum atomic E-state index is 12.4. The van der Waals surface area contributed by atoms with Crippen molar-refractivity contribution in [1.82, 2.24) is 4.90 Å². The van der Waals surface area contributed by atoms with Crippen molar-refractivity contribution < 1.29 is 9.53 Å². The van der Waals surface area contributed by atoms with Gasteiger partial charge in [-0.3, -0.25) is 9.69 Å². The highest BCUT2D eigenvalue weighted by Crippen LogP contribution is 2.33. The highest BCUT2D eigenvalue weighted by molar-refractivity contribution is 8.26. The standard InChI is InChI=1S/C18H23NO2S2/c1-12(2)9-10-21-15-7-5-14(6-8-15)11-16-17(20)19(13(3)4)18(22)23-16/h5-8,11-13H,9-10H2,1-4H3. The van der Waals surface area contributed by atoms with Crippen LogP contribution in [0.1, 0.15) is 39.7 Å². The van der Waals surface area contributed by atoms with Crippen molar-refractivity contribution in [2.75, 3.05) is 6.61 Å². The number of carbonyl (C=O) groups excluding carboxylic acids is 1. The van der Waals surface area contributed by atoms with Crippen molar-refractivity contribution in [3.8, 4) is 5.75 Å². The summed E-state index contributed by atoms with van der Waals surface area (Å²) in [5.41, 5.74) is 0.977. The van der Waals surface area contributed by atoms with Gasteiger partial charge in [-0.25, -0.2) is 0 Å². The predicted octanol–water partition coefficient (Wildman–Crippen LogP) is 4.72. The third kappa shape index (κ3) is 4.82. The summed E-state index contributed by atoms with van der Waals surface area (Å²) in [6, 6.07) is 7.90. The van der Waals surface area contributed by atoms with E-state index in [1.165, 1.54) is 11.8 Å². The third-order valence-corrected chi connectivity index (χ3v) is 4.81. The summed E-state index contributed by atoms with van der Waals surface area (Å²) < 4.78 is 6.34. The van der Waals surface area contributed by atoms with E-state index in [-0.39, 0.29) is 11.9 Å². The van der Waals surface area contributed by atoms with E-state index in [0.717, 1.165) is 24.3 Å². The van der Waals surface area contributed by atoms with Gasteiger partial charge in [0.15, 0.2) is 0 Å². The van der Waals surface area contributed by atoms with Gasteiger partial charge in [0.2, 0.25) is 0 Å². The summed E-state index contributed by atoms with van der Waals surface area (Å²) in [7, 11) is 0. The molecule has 0 unspecified atom stereocenters. The van der Waals surface area contributed by atoms with E-state index in [4.69, 9.17) is 17.0 Å². The summed E-state index contributed by atoms with van der Waals surface area (Å²) in [5.74, 6) is 1.49. The lowest BCUT2D eigenvalue weighted by atomic mass is 10.1. The molecule has 0 bridgehead atoms. The minimum atomic E-state index is -0.00717. The van der Waals surface area contributed by atoms with Gasteiger partial charge in [0.25, 0.3) is 5.91 Å². The number of hydrogen-bond donors (Lipinski definition) is 0. The summed E-state index contributed by atoms with van der Waals surface area (Å²) in [6.45, 7) is 9.03. The molecule has 1 heterocycles. The van der Waals surface area contributed by atoms with Crippen molar-refractivity contribution in [3.63, 3.8) is 0 Å². The molecule has 124 valence electrons. The van der Waals surface area contributed by atoms with Gasteiger partial charge in [-0.1, -0.05) is 50.0 Å². The maximum Gasteiger partial charge on any atom is 0.266 e. The number of thiocarbonyl (C=S) groups is 1. The molecule has 23 heavy (non-hydrogen) atoms. The number of thioether (sulfide) groups is 1. The molecule has 5 heteroatoms. The Morgan fingerprint density at radius 3 is 2.39 bits per heavy atom. The molecular weight excluding hydrogens is 326 g/mol. The number of ether oxygens (including phenoxy) is 1. The van der Waals surface area contributed by atoms with Gasteiger partial charge in [0.05, 0.1) is 11.5 Å². The Balaban J connectivity index is 2.03. The van der Waals surface area contributed by atoms with Crippen molar-refractivity contribution in [2.45, 2.75) is 40.2 Å². The molecule has 0 aromatic heterocycles. The highest BCUT2D eigenvalue weighted by Gasteiger charge is 2.33. The van der Waals surface area contributed by atoms with Gasteiger partial charge >= 0.3 is 0 Å². The zero-order chi connectivity index (χ0) is 17.0. The van der Waals surface area contributed by atoms with Crippen LogP contribution in [0.3, 0.4) is 0 Å². The molecule has 0 saturated carbocycles. The molecule has 2 rings (SSSR count). The highest BCUT2D eigenvalue weighted by atomic mass is 32.2. The van der Waals surface area contributed by atoms with Crippen molar-refractivity contribution >= 4 is 40.3 Å². The van der Waals surface area contributed by atoms with Gasteiger partial charge in [0.1, 0.15) is 10.1 Å². The fourth-order valence-electron chi connectivity index (χ4n) is 2.15. The Bertz CT molecular complexity index is 606. The quantitative estimate of drug-likeness (QED) is 0.549. The number of rotatable bonds is 6. The molecule has 1 saturated heterocycles. The zero-order valence-electron chi connectivity index (χ0n) is 14.0. The second kappa shape index (κ2) is 7.97. The molecule has 0 N–H and O–H groups in total. The second-order valence-corrected chi connectivity index (χ2v) is 7.92. The lowest BCUT2D eigenvalue weighted by Crippen LogP contribution is -2.34. The fourth-order valence-corrected chi connectivity index (χ4v) is 3.67. The summed E-state index contributed by atoms with van der Waals surface area (Å²) in [5, 5.41) is 0. The Hall–Kier alpha value is -1.33. The van der Waals surface area contributed by atoms with Crippen LogP contribution in [0.5, 0.6) is 5.75 Å². The van der Waals surface area contributed by atoms with Gasteiger partial charge < -0.3 is 4.74 Å². The molecule has 0 aliphatic carbocycles. The van der Waals surface area contributed by atoms with E-state index in [0.29, 0.717) is 15.1 Å². The first-order valence-electron chi connectivity index (χ1n) is 7.88. The predicted molar refractivity (Wildman–Crippen MR) is 102 cm³/mol. The SMILES string of the molecule is CC(C)CCOc1ccc(C=C2SC(=S)N(C(C)C)C2=O)cc1. The van der Waals surface area contributed by atoms with E-state index < -0.39 is 0 Å². The normalized spacial score (nSPS) is 17.0. The minimum Gasteiger partial charge on any atom is -0.494 e. The van der Waals surface area contributed by atoms with E-state index in [1.807, 2.05) is 44.2 Å². The van der Waals surface area contributed by atoms with Crippen molar-refractivity contribution in [2.24, 2.45) is 5.92 Å². The Morgan fingerprint density at radius 1 is 1.22 bits per heavy atom. The van der Waals surface area contributed by atoms with Gasteiger partial charge in [-0.2, -0.15) is 0 Å². The molecule has 1 fully saturated rings. The van der Waals surface area contributed by atoms with Crippen LogP contribution in [-0.4, -0.2) is 27.8 Å². The van der Waals surface area contributed by atoms with E-state index in [2.05, 4.69) is 13.8 Å². The van der Waals surface area contributed by atoms with Crippen LogP contribution in [0.25, 0.3) is 6.08 Å². The lowest BCUT2D eigenvalue weighted by molar-refractivity contribution is -0.123. The molecule has 0 spiro atoms. The fraction of sp³-hybridized carbons (Fsp3) is 0.444. The molecule has 1 aliphatic rings. The van der Waals surface area contributed by atoms with Crippen LogP contribution in [0, 0.1) is 5.92 Å². The number of amides is 1. The average molecular weight is 350 g/mol. The largest absolute Gasteiger partial charge is 0.494 e. The first-order chi connectivity index (χ1) is 10.9. The summed E-state index contributed by atoms with van der Waals surface area (Å²) in [4.78, 5) is 14.7. The Labute approximate surface area is 148 Å². The first kappa shape index (κ1) is 18.0. The molecule has 1 amide bonds. The monoisotopic (exact) mass is 349 g/mol. The Morgan fingerprint density at radius 2 is 1.87 bits per heavy atom. The number of nitrogens with zero attached hydrogens (tertiary/aromatic N) is 1. The first-order valence-corrected chi connectivity index (χ1v) is 9.11. The van der Waals surface area contributed by atoms with Crippen LogP contribution in [-0.2, 0) is 4.79 Å². The Kier molecular flexibility index (Phi) is 6.25. The van der Waals surface area contributed by atoms with E-state index in [9.17, 15) is 4.79 Å². The van der Waals surface area contributed by atoms with Crippen LogP contribution in [0.2, 0.25) is 0 Å². The average Bonchev–Trinajstić information content (AvgIpc) is 2.75. The molecule has 0 atom stereocenters. The second-order valence-electron chi connectivity index (χ2n) is 6.25. The maximum absolute atomic E-state index is 12.4. The third-order valence-electron chi connectivity index (χ3n) is 3.48. The molecule has 1 aromatic rings. The molecule has 1 aromatic carbocycles. The molecular formula is C18H23NO2S2. The zero-order valence-corrected chi connectivity index (χ0v) is 15.7. The van der Waals surface area contributed by atoms with Gasteiger partial charge in [-0.05, 0) is 50.0 Å². The molecule has 1 aliphatic heterocycles. The van der Waals surface area contributed by atoms with Crippen LogP contribution in [0.4, 0.5) is 0 Å². The summed E-state index contributed by atoms with van der Waals surface area (Å²) >= 11 is 6.65. The lowest BCUT2D eigenvalue weighted by Gasteiger charge is -2.18. The van der Waals surface area contributed by atoms with Crippen LogP contribution in [0.15, 0.2) is 29.2 Å². The van der Waals surface area contributed by atoms with Crippen molar-refractivity contribution in [3.05, 3.63) is 34.7 Å². The topological polar surface area (TPSA) is 29.5 Å². The van der Waals surface area contributed by atoms with Crippen molar-refractivity contribution in [1.29, 1.82) is 0 Å². The van der Waals surface area contributed by atoms with E-state index >= 15 is 0 Å². The number of carbonyl (C=O) groups is 1. The smallest absolute Gasteiger partial charge is 0.266 e.